The van der Waals surface area contributed by atoms with Crippen LogP contribution in [0.1, 0.15) is 32.5 Å². The van der Waals surface area contributed by atoms with Crippen molar-refractivity contribution in [3.8, 4) is 34.3 Å². The summed E-state index contributed by atoms with van der Waals surface area (Å²) in [5, 5.41) is 17.9. The highest BCUT2D eigenvalue weighted by Gasteiger charge is 2.19. The Morgan fingerprint density at radius 2 is 1.16 bits per heavy atom. The van der Waals surface area contributed by atoms with E-state index in [2.05, 4.69) is 36.2 Å². The summed E-state index contributed by atoms with van der Waals surface area (Å²) in [6, 6.07) is 18.5. The Labute approximate surface area is 315 Å². The molecule has 5 N–H and O–H groups in total. The number of hydrogen-bond donors (Lipinski definition) is 3. The number of aromatic hydroxyl groups is 1. The fourth-order valence-electron chi connectivity index (χ4n) is 3.83. The second-order valence-electron chi connectivity index (χ2n) is 9.68. The zero-order chi connectivity index (χ0) is 37.2. The van der Waals surface area contributed by atoms with Crippen LogP contribution >= 0.6 is 62.3 Å². The van der Waals surface area contributed by atoms with Gasteiger partial charge in [0, 0.05) is 21.2 Å². The van der Waals surface area contributed by atoms with Gasteiger partial charge in [-0.15, -0.1) is 0 Å². The van der Waals surface area contributed by atoms with Gasteiger partial charge in [-0.2, -0.15) is 9.97 Å². The van der Waals surface area contributed by atoms with Gasteiger partial charge in [-0.1, -0.05) is 72.6 Å². The molecule has 0 aliphatic carbocycles. The predicted molar refractivity (Wildman–Crippen MR) is 188 cm³/mol. The van der Waals surface area contributed by atoms with E-state index in [1.54, 1.807) is 36.4 Å². The minimum absolute atomic E-state index is 0.0723. The first-order chi connectivity index (χ1) is 24.3. The van der Waals surface area contributed by atoms with Crippen molar-refractivity contribution >= 4 is 74.1 Å². The summed E-state index contributed by atoms with van der Waals surface area (Å²) >= 11 is 26.2. The third-order valence-electron chi connectivity index (χ3n) is 6.23. The second-order valence-corrected chi connectivity index (χ2v) is 11.9. The zero-order valence-electron chi connectivity index (χ0n) is 25.4. The Kier molecular flexibility index (Phi) is 13.7. The molecule has 0 radical (unpaired) electrons. The van der Waals surface area contributed by atoms with Gasteiger partial charge < -0.3 is 30.4 Å². The molecule has 0 atom stereocenters. The molecule has 51 heavy (non-hydrogen) atoms. The third-order valence-corrected chi connectivity index (χ3v) is 7.97. The molecule has 19 heteroatoms. The van der Waals surface area contributed by atoms with E-state index < -0.39 is 34.6 Å². The van der Waals surface area contributed by atoms with E-state index in [-0.39, 0.29) is 34.0 Å². The van der Waals surface area contributed by atoms with Crippen molar-refractivity contribution in [2.45, 2.75) is 11.9 Å². The Balaban J connectivity index is 0.000000189. The van der Waals surface area contributed by atoms with Crippen LogP contribution in [0.2, 0.25) is 20.1 Å². The summed E-state index contributed by atoms with van der Waals surface area (Å²) in [4.78, 5) is 30.2. The quantitative estimate of drug-likeness (QED) is 0.125. The Morgan fingerprint density at radius 3 is 1.61 bits per heavy atom. The van der Waals surface area contributed by atoms with Crippen LogP contribution in [0, 0.1) is 11.6 Å². The molecule has 2 heterocycles. The molecular weight excluding hydrogens is 824 g/mol. The maximum absolute atomic E-state index is 13.6. The number of alkyl halides is 1. The monoisotopic (exact) mass is 842 g/mol. The van der Waals surface area contributed by atoms with Crippen LogP contribution in [0.3, 0.4) is 0 Å². The molecule has 0 bridgehead atoms. The lowest BCUT2D eigenvalue weighted by Gasteiger charge is -2.08. The number of nitrogens with zero attached hydrogens (tertiary/aromatic N) is 4. The molecule has 0 saturated heterocycles. The van der Waals surface area contributed by atoms with Crippen LogP contribution in [-0.4, -0.2) is 37.2 Å². The first-order valence-electron chi connectivity index (χ1n) is 13.9. The van der Waals surface area contributed by atoms with Crippen molar-refractivity contribution in [2.24, 2.45) is 11.5 Å². The number of benzene rings is 4. The first-order valence-corrected chi connectivity index (χ1v) is 16.5. The fraction of sp³-hybridized carbons (Fsp3) is 0.0625. The topological polar surface area (TPSA) is 193 Å². The van der Waals surface area contributed by atoms with Gasteiger partial charge in [-0.05, 0) is 72.8 Å². The van der Waals surface area contributed by atoms with Gasteiger partial charge in [0.05, 0.1) is 26.5 Å². The predicted octanol–water partition coefficient (Wildman–Crippen LogP) is 8.43. The van der Waals surface area contributed by atoms with Crippen molar-refractivity contribution in [1.82, 2.24) is 20.3 Å². The van der Waals surface area contributed by atoms with Crippen molar-refractivity contribution in [2.75, 3.05) is 0 Å². The number of aromatic nitrogens is 4. The van der Waals surface area contributed by atoms with Gasteiger partial charge in [-0.3, -0.25) is 9.59 Å². The molecule has 4 aromatic carbocycles. The van der Waals surface area contributed by atoms with Crippen molar-refractivity contribution < 1.29 is 37.3 Å². The van der Waals surface area contributed by atoms with E-state index in [1.165, 1.54) is 6.07 Å². The first kappa shape index (κ1) is 39.0. The zero-order valence-corrected chi connectivity index (χ0v) is 30.0. The smallest absolute Gasteiger partial charge is 0.264 e. The normalized spacial score (nSPS) is 10.4. The van der Waals surface area contributed by atoms with Crippen LogP contribution in [-0.2, 0) is 11.9 Å². The van der Waals surface area contributed by atoms with E-state index in [0.717, 1.165) is 29.3 Å². The average Bonchev–Trinajstić information content (AvgIpc) is 3.78. The molecule has 0 saturated carbocycles. The molecule has 0 aliphatic heterocycles. The minimum Gasteiger partial charge on any atom is -0.506 e. The lowest BCUT2D eigenvalue weighted by Crippen LogP contribution is -2.14. The largest absolute Gasteiger partial charge is 0.506 e. The standard InChI is InChI=1S/C16H10Cl2FN3O3.C9H6BrClN2O.C7H5ClFNO2/c17-9-3-1-8(2-4-9)16-21-12(25-22-16)7-24-11-6-5-10(19)13(14(11)18)15(20)23;10-5-8-12-9(13-14-8)6-1-3-7(11)4-2-6;8-6-4(11)2-1-3(9)5(6)7(10)12/h1-6H,7H2,(H2,20,23);1-4H,5H2;1-2,11H,(H2,10,12). The number of phenols is 1. The Bertz CT molecular complexity index is 2150. The number of hydrogen-bond acceptors (Lipinski definition) is 10. The number of halogens is 7. The van der Waals surface area contributed by atoms with E-state index in [1.807, 2.05) is 12.1 Å². The molecule has 6 rings (SSSR count). The minimum atomic E-state index is -1.01. The van der Waals surface area contributed by atoms with Crippen LogP contribution < -0.4 is 16.2 Å². The summed E-state index contributed by atoms with van der Waals surface area (Å²) in [6.07, 6.45) is 0. The van der Waals surface area contributed by atoms with Crippen molar-refractivity contribution in [1.29, 1.82) is 0 Å². The van der Waals surface area contributed by atoms with Crippen LogP contribution in [0.25, 0.3) is 22.8 Å². The van der Waals surface area contributed by atoms with Gasteiger partial charge in [0.15, 0.2) is 6.61 Å². The number of carbonyl (C=O) groups is 2. The van der Waals surface area contributed by atoms with Crippen molar-refractivity contribution in [3.63, 3.8) is 0 Å². The Hall–Kier alpha value is -4.80. The maximum atomic E-state index is 13.6. The van der Waals surface area contributed by atoms with Crippen molar-refractivity contribution in [3.05, 3.63) is 127 Å². The molecule has 12 nitrogen and oxygen atoms in total. The number of phenolic OH excluding ortho intramolecular Hbond substituents is 1. The molecule has 6 aromatic rings. The molecule has 0 spiro atoms. The summed E-state index contributed by atoms with van der Waals surface area (Å²) < 4.78 is 41.8. The van der Waals surface area contributed by atoms with Crippen LogP contribution in [0.15, 0.2) is 81.8 Å². The highest BCUT2D eigenvalue weighted by Crippen LogP contribution is 2.31. The summed E-state index contributed by atoms with van der Waals surface area (Å²) in [7, 11) is 0. The van der Waals surface area contributed by atoms with Gasteiger partial charge in [0.2, 0.25) is 17.5 Å². The molecule has 0 fully saturated rings. The molecule has 2 aromatic heterocycles. The van der Waals surface area contributed by atoms with E-state index in [0.29, 0.717) is 32.9 Å². The molecular formula is C32H21BrCl4F2N6O6. The number of amides is 2. The summed E-state index contributed by atoms with van der Waals surface area (Å²) in [5.41, 5.74) is 10.6. The number of nitrogens with two attached hydrogens (primary N) is 2. The van der Waals surface area contributed by atoms with Crippen LogP contribution in [0.4, 0.5) is 8.78 Å². The highest BCUT2D eigenvalue weighted by atomic mass is 79.9. The van der Waals surface area contributed by atoms with Gasteiger partial charge in [-0.25, -0.2) is 8.78 Å². The number of carbonyl (C=O) groups excluding carboxylic acids is 2. The molecule has 0 aliphatic rings. The van der Waals surface area contributed by atoms with E-state index in [9.17, 15) is 18.4 Å². The second kappa shape index (κ2) is 17.9. The number of primary amides is 2. The number of rotatable bonds is 8. The van der Waals surface area contributed by atoms with Gasteiger partial charge in [0.25, 0.3) is 17.7 Å². The SMILES string of the molecule is Clc1ccc(-c2noc(CBr)n2)cc1.NC(=O)c1c(F)ccc(O)c1Cl.NC(=O)c1c(F)ccc(OCc2nc(-c3ccc(Cl)cc3)no2)c1Cl. The summed E-state index contributed by atoms with van der Waals surface area (Å²) in [6.45, 7) is -0.121. The Morgan fingerprint density at radius 1 is 0.706 bits per heavy atom. The van der Waals surface area contributed by atoms with E-state index >= 15 is 0 Å². The lowest BCUT2D eigenvalue weighted by molar-refractivity contribution is 0.0987. The van der Waals surface area contributed by atoms with Gasteiger partial charge in [0.1, 0.15) is 23.1 Å². The van der Waals surface area contributed by atoms with Crippen LogP contribution in [0.5, 0.6) is 11.5 Å². The molecule has 264 valence electrons. The maximum Gasteiger partial charge on any atom is 0.264 e. The summed E-state index contributed by atoms with van der Waals surface area (Å²) in [5.74, 6) is -2.28. The molecule has 2 amide bonds. The average molecular weight is 845 g/mol. The third kappa shape index (κ3) is 10.4. The fourth-order valence-corrected chi connectivity index (χ4v) is 4.86. The van der Waals surface area contributed by atoms with E-state index in [4.69, 9.17) is 76.8 Å². The van der Waals surface area contributed by atoms with Gasteiger partial charge >= 0.3 is 0 Å². The molecule has 0 unspecified atom stereocenters. The lowest BCUT2D eigenvalue weighted by atomic mass is 10.2. The highest BCUT2D eigenvalue weighted by molar-refractivity contribution is 9.08. The number of ether oxygens (including phenoxy) is 1.